The van der Waals surface area contributed by atoms with Crippen LogP contribution in [0, 0.1) is 5.92 Å². The molecule has 0 aromatic carbocycles. The van der Waals surface area contributed by atoms with Crippen LogP contribution in [0.5, 0.6) is 0 Å². The van der Waals surface area contributed by atoms with Gasteiger partial charge in [-0.1, -0.05) is 58.8 Å². The Bertz CT molecular complexity index is 172. The quantitative estimate of drug-likeness (QED) is 0.626. The molecule has 0 radical (unpaired) electrons. The number of hydrogen-bond acceptors (Lipinski definition) is 2. The molecule has 2 nitrogen and oxygen atoms in total. The van der Waals surface area contributed by atoms with Crippen LogP contribution in [0.25, 0.3) is 0 Å². The molecule has 2 heteroatoms. The Balaban J connectivity index is 1.85. The predicted octanol–water partition coefficient (Wildman–Crippen LogP) is 3.41. The van der Waals surface area contributed by atoms with Gasteiger partial charge in [-0.2, -0.15) is 0 Å². The molecule has 2 atom stereocenters. The van der Waals surface area contributed by atoms with E-state index in [1.807, 2.05) is 0 Å². The molecule has 1 fully saturated rings. The molecule has 0 aromatic heterocycles. The summed E-state index contributed by atoms with van der Waals surface area (Å²) in [6, 6.07) is 0.420. The third-order valence-electron chi connectivity index (χ3n) is 4.07. The Hall–Kier alpha value is -0.0800. The van der Waals surface area contributed by atoms with Crippen molar-refractivity contribution in [3.63, 3.8) is 0 Å². The highest BCUT2D eigenvalue weighted by Gasteiger charge is 2.25. The van der Waals surface area contributed by atoms with Crippen molar-refractivity contribution in [1.29, 1.82) is 0 Å². The Morgan fingerprint density at radius 2 is 1.53 bits per heavy atom. The van der Waals surface area contributed by atoms with Crippen molar-refractivity contribution >= 4 is 0 Å². The summed E-state index contributed by atoms with van der Waals surface area (Å²) in [5.41, 5.74) is 6.03. The topological polar surface area (TPSA) is 29.3 Å². The zero-order valence-corrected chi connectivity index (χ0v) is 12.0. The minimum Gasteiger partial charge on any atom is -0.326 e. The summed E-state index contributed by atoms with van der Waals surface area (Å²) in [5.74, 6) is 0.698. The minimum atomic E-state index is 0.420. The molecule has 0 amide bonds. The van der Waals surface area contributed by atoms with Crippen LogP contribution in [0.3, 0.4) is 0 Å². The number of nitrogens with zero attached hydrogens (tertiary/aromatic N) is 1. The van der Waals surface area contributed by atoms with E-state index in [9.17, 15) is 0 Å². The predicted molar refractivity (Wildman–Crippen MR) is 76.2 cm³/mol. The van der Waals surface area contributed by atoms with Gasteiger partial charge in [0.15, 0.2) is 0 Å². The molecule has 0 aromatic rings. The van der Waals surface area contributed by atoms with Gasteiger partial charge in [0.05, 0.1) is 0 Å². The van der Waals surface area contributed by atoms with E-state index >= 15 is 0 Å². The van der Waals surface area contributed by atoms with Gasteiger partial charge < -0.3 is 10.6 Å². The first-order valence-electron chi connectivity index (χ1n) is 7.72. The SMILES string of the molecule is CCCCCCCCCCN1CC(C)C(N)C1. The van der Waals surface area contributed by atoms with E-state index in [-0.39, 0.29) is 0 Å². The number of hydrogen-bond donors (Lipinski definition) is 1. The Morgan fingerprint density at radius 1 is 0.941 bits per heavy atom. The summed E-state index contributed by atoms with van der Waals surface area (Å²) < 4.78 is 0. The highest BCUT2D eigenvalue weighted by molar-refractivity contribution is 4.83. The molecule has 0 saturated carbocycles. The lowest BCUT2D eigenvalue weighted by molar-refractivity contribution is 0.316. The van der Waals surface area contributed by atoms with E-state index in [0.717, 1.165) is 6.54 Å². The lowest BCUT2D eigenvalue weighted by atomic mass is 10.1. The van der Waals surface area contributed by atoms with Crippen LogP contribution in [0.1, 0.15) is 65.2 Å². The van der Waals surface area contributed by atoms with Gasteiger partial charge in [-0.05, 0) is 18.9 Å². The molecule has 1 rings (SSSR count). The monoisotopic (exact) mass is 240 g/mol. The standard InChI is InChI=1S/C15H32N2/c1-3-4-5-6-7-8-9-10-11-17-12-14(2)15(16)13-17/h14-15H,3-13,16H2,1-2H3. The first-order valence-corrected chi connectivity index (χ1v) is 7.72. The summed E-state index contributed by atoms with van der Waals surface area (Å²) >= 11 is 0. The van der Waals surface area contributed by atoms with Gasteiger partial charge in [0.25, 0.3) is 0 Å². The molecular weight excluding hydrogens is 208 g/mol. The Kier molecular flexibility index (Phi) is 7.87. The summed E-state index contributed by atoms with van der Waals surface area (Å²) in [6.45, 7) is 8.17. The highest BCUT2D eigenvalue weighted by atomic mass is 15.2. The van der Waals surface area contributed by atoms with E-state index < -0.39 is 0 Å². The first kappa shape index (κ1) is 15.0. The second-order valence-corrected chi connectivity index (χ2v) is 5.88. The summed E-state index contributed by atoms with van der Waals surface area (Å²) in [4.78, 5) is 2.55. The third kappa shape index (κ3) is 6.42. The van der Waals surface area contributed by atoms with Crippen LogP contribution in [0.2, 0.25) is 0 Å². The average molecular weight is 240 g/mol. The molecule has 1 aliphatic heterocycles. The van der Waals surface area contributed by atoms with Crippen molar-refractivity contribution in [3.05, 3.63) is 0 Å². The maximum absolute atomic E-state index is 6.03. The van der Waals surface area contributed by atoms with E-state index in [1.165, 1.54) is 64.5 Å². The van der Waals surface area contributed by atoms with Crippen molar-refractivity contribution in [1.82, 2.24) is 4.90 Å². The lowest BCUT2D eigenvalue weighted by Crippen LogP contribution is -2.28. The second kappa shape index (κ2) is 8.93. The third-order valence-corrected chi connectivity index (χ3v) is 4.07. The summed E-state index contributed by atoms with van der Waals surface area (Å²) in [7, 11) is 0. The van der Waals surface area contributed by atoms with Gasteiger partial charge in [-0.3, -0.25) is 0 Å². The van der Waals surface area contributed by atoms with Gasteiger partial charge in [-0.15, -0.1) is 0 Å². The highest BCUT2D eigenvalue weighted by Crippen LogP contribution is 2.15. The zero-order chi connectivity index (χ0) is 12.5. The molecule has 102 valence electrons. The summed E-state index contributed by atoms with van der Waals surface area (Å²) in [5, 5.41) is 0. The molecule has 0 spiro atoms. The fraction of sp³-hybridized carbons (Fsp3) is 1.00. The van der Waals surface area contributed by atoms with E-state index in [0.29, 0.717) is 12.0 Å². The van der Waals surface area contributed by atoms with E-state index in [2.05, 4.69) is 18.7 Å². The second-order valence-electron chi connectivity index (χ2n) is 5.88. The van der Waals surface area contributed by atoms with Crippen molar-refractivity contribution < 1.29 is 0 Å². The number of nitrogens with two attached hydrogens (primary N) is 1. The number of likely N-dealkylation sites (tertiary alicyclic amines) is 1. The van der Waals surface area contributed by atoms with Gasteiger partial charge in [0, 0.05) is 19.1 Å². The molecule has 1 aliphatic rings. The molecule has 0 bridgehead atoms. The maximum atomic E-state index is 6.03. The molecule has 2 N–H and O–H groups in total. The van der Waals surface area contributed by atoms with Crippen LogP contribution in [0.4, 0.5) is 0 Å². The smallest absolute Gasteiger partial charge is 0.0206 e. The van der Waals surface area contributed by atoms with Crippen LogP contribution in [0.15, 0.2) is 0 Å². The average Bonchev–Trinajstić information content (AvgIpc) is 2.62. The number of unbranched alkanes of at least 4 members (excludes halogenated alkanes) is 7. The molecule has 1 saturated heterocycles. The van der Waals surface area contributed by atoms with E-state index in [1.54, 1.807) is 0 Å². The fourth-order valence-electron chi connectivity index (χ4n) is 2.75. The molecule has 1 heterocycles. The van der Waals surface area contributed by atoms with Crippen molar-refractivity contribution in [2.24, 2.45) is 11.7 Å². The molecule has 0 aliphatic carbocycles. The first-order chi connectivity index (χ1) is 8.24. The van der Waals surface area contributed by atoms with Gasteiger partial charge in [-0.25, -0.2) is 0 Å². The number of rotatable bonds is 9. The van der Waals surface area contributed by atoms with E-state index in [4.69, 9.17) is 5.73 Å². The lowest BCUT2D eigenvalue weighted by Gasteiger charge is -2.14. The van der Waals surface area contributed by atoms with Gasteiger partial charge in [0.2, 0.25) is 0 Å². The van der Waals surface area contributed by atoms with Crippen LogP contribution in [-0.4, -0.2) is 30.6 Å². The Labute approximate surface area is 108 Å². The molecule has 17 heavy (non-hydrogen) atoms. The maximum Gasteiger partial charge on any atom is 0.0206 e. The van der Waals surface area contributed by atoms with Crippen LogP contribution >= 0.6 is 0 Å². The fourth-order valence-corrected chi connectivity index (χ4v) is 2.75. The van der Waals surface area contributed by atoms with Crippen molar-refractivity contribution in [2.75, 3.05) is 19.6 Å². The summed E-state index contributed by atoms with van der Waals surface area (Å²) in [6.07, 6.45) is 11.3. The zero-order valence-electron chi connectivity index (χ0n) is 12.0. The Morgan fingerprint density at radius 3 is 2.06 bits per heavy atom. The minimum absolute atomic E-state index is 0.420. The van der Waals surface area contributed by atoms with Crippen molar-refractivity contribution in [3.8, 4) is 0 Å². The van der Waals surface area contributed by atoms with Crippen LogP contribution < -0.4 is 5.73 Å². The largest absolute Gasteiger partial charge is 0.326 e. The normalized spacial score (nSPS) is 25.6. The molecular formula is C15H32N2. The van der Waals surface area contributed by atoms with Crippen LogP contribution in [-0.2, 0) is 0 Å². The van der Waals surface area contributed by atoms with Crippen molar-refractivity contribution in [2.45, 2.75) is 71.3 Å². The van der Waals surface area contributed by atoms with Gasteiger partial charge >= 0.3 is 0 Å². The molecule has 2 unspecified atom stereocenters. The van der Waals surface area contributed by atoms with Gasteiger partial charge in [0.1, 0.15) is 0 Å².